The quantitative estimate of drug-likeness (QED) is 0.927. The van der Waals surface area contributed by atoms with E-state index >= 15 is 0 Å². The molecule has 4 nitrogen and oxygen atoms in total. The summed E-state index contributed by atoms with van der Waals surface area (Å²) in [5, 5.41) is 3.14. The van der Waals surface area contributed by atoms with E-state index in [1.807, 2.05) is 44.2 Å². The lowest BCUT2D eigenvalue weighted by atomic mass is 9.63. The molecular formula is C19H27NO3. The van der Waals surface area contributed by atoms with Crippen molar-refractivity contribution < 1.29 is 14.3 Å². The number of rotatable bonds is 4. The van der Waals surface area contributed by atoms with Crippen LogP contribution in [0.15, 0.2) is 30.3 Å². The second kappa shape index (κ2) is 5.52. The first-order valence-electron chi connectivity index (χ1n) is 8.39. The summed E-state index contributed by atoms with van der Waals surface area (Å²) < 4.78 is 11.7. The standard InChI is InChI=1S/C19H27NO3/c1-17(2)12-19(13-22-17)10-14(11-19)20-16(21)18(3,4)23-15-8-6-5-7-9-15/h5-9,14H,10-13H2,1-4H3,(H,20,21). The van der Waals surface area contributed by atoms with E-state index in [4.69, 9.17) is 9.47 Å². The molecule has 1 heterocycles. The van der Waals surface area contributed by atoms with Crippen molar-refractivity contribution in [3.63, 3.8) is 0 Å². The first kappa shape index (κ1) is 16.3. The van der Waals surface area contributed by atoms with Crippen LogP contribution >= 0.6 is 0 Å². The Morgan fingerprint density at radius 2 is 1.91 bits per heavy atom. The first-order valence-corrected chi connectivity index (χ1v) is 8.39. The van der Waals surface area contributed by atoms with E-state index in [1.165, 1.54) is 0 Å². The lowest BCUT2D eigenvalue weighted by Gasteiger charge is -2.45. The average Bonchev–Trinajstić information content (AvgIpc) is 2.75. The molecule has 126 valence electrons. The van der Waals surface area contributed by atoms with E-state index in [-0.39, 0.29) is 23.0 Å². The van der Waals surface area contributed by atoms with Gasteiger partial charge in [0, 0.05) is 11.5 Å². The molecule has 23 heavy (non-hydrogen) atoms. The Bertz CT molecular complexity index is 574. The smallest absolute Gasteiger partial charge is 0.263 e. The van der Waals surface area contributed by atoms with Gasteiger partial charge in [-0.2, -0.15) is 0 Å². The number of hydrogen-bond acceptors (Lipinski definition) is 3. The number of carbonyl (C=O) groups is 1. The number of carbonyl (C=O) groups excluding carboxylic acids is 1. The fraction of sp³-hybridized carbons (Fsp3) is 0.632. The molecule has 2 aliphatic rings. The van der Waals surface area contributed by atoms with E-state index in [0.29, 0.717) is 5.75 Å². The Kier molecular flexibility index (Phi) is 3.91. The zero-order valence-electron chi connectivity index (χ0n) is 14.5. The second-order valence-electron chi connectivity index (χ2n) is 8.23. The monoisotopic (exact) mass is 317 g/mol. The van der Waals surface area contributed by atoms with E-state index in [0.717, 1.165) is 25.9 Å². The van der Waals surface area contributed by atoms with Gasteiger partial charge in [-0.25, -0.2) is 0 Å². The third-order valence-corrected chi connectivity index (χ3v) is 4.93. The van der Waals surface area contributed by atoms with Gasteiger partial charge in [-0.1, -0.05) is 18.2 Å². The van der Waals surface area contributed by atoms with Crippen molar-refractivity contribution in [2.24, 2.45) is 5.41 Å². The molecule has 1 aliphatic heterocycles. The predicted molar refractivity (Wildman–Crippen MR) is 89.4 cm³/mol. The highest BCUT2D eigenvalue weighted by Crippen LogP contribution is 2.52. The minimum Gasteiger partial charge on any atom is -0.478 e. The van der Waals surface area contributed by atoms with E-state index < -0.39 is 5.60 Å². The molecule has 3 rings (SSSR count). The predicted octanol–water partition coefficient (Wildman–Crippen LogP) is 3.31. The number of para-hydroxylation sites is 1. The zero-order chi connectivity index (χ0) is 16.7. The molecule has 1 aromatic carbocycles. The maximum absolute atomic E-state index is 12.5. The van der Waals surface area contributed by atoms with Gasteiger partial charge in [0.1, 0.15) is 5.75 Å². The van der Waals surface area contributed by atoms with Gasteiger partial charge < -0.3 is 14.8 Å². The molecule has 1 saturated carbocycles. The lowest BCUT2D eigenvalue weighted by molar-refractivity contribution is -0.136. The van der Waals surface area contributed by atoms with Gasteiger partial charge in [0.2, 0.25) is 0 Å². The van der Waals surface area contributed by atoms with Crippen molar-refractivity contribution in [1.29, 1.82) is 0 Å². The van der Waals surface area contributed by atoms with Crippen LogP contribution in [0.4, 0.5) is 0 Å². The van der Waals surface area contributed by atoms with E-state index in [9.17, 15) is 4.79 Å². The largest absolute Gasteiger partial charge is 0.478 e. The topological polar surface area (TPSA) is 47.6 Å². The maximum Gasteiger partial charge on any atom is 0.263 e. The fourth-order valence-electron chi connectivity index (χ4n) is 3.89. The van der Waals surface area contributed by atoms with E-state index in [1.54, 1.807) is 0 Å². The molecule has 1 amide bonds. The maximum atomic E-state index is 12.5. The second-order valence-corrected chi connectivity index (χ2v) is 8.23. The zero-order valence-corrected chi connectivity index (χ0v) is 14.5. The Balaban J connectivity index is 1.52. The first-order chi connectivity index (χ1) is 10.7. The van der Waals surface area contributed by atoms with Crippen molar-refractivity contribution in [3.8, 4) is 5.75 Å². The van der Waals surface area contributed by atoms with Crippen molar-refractivity contribution in [2.45, 2.75) is 64.2 Å². The number of benzene rings is 1. The molecule has 1 aliphatic carbocycles. The van der Waals surface area contributed by atoms with Crippen LogP contribution in [-0.4, -0.2) is 29.8 Å². The number of hydrogen-bond donors (Lipinski definition) is 1. The van der Waals surface area contributed by atoms with Gasteiger partial charge in [-0.15, -0.1) is 0 Å². The van der Waals surface area contributed by atoms with Gasteiger partial charge >= 0.3 is 0 Å². The molecule has 1 N–H and O–H groups in total. The summed E-state index contributed by atoms with van der Waals surface area (Å²) in [4.78, 5) is 12.5. The van der Waals surface area contributed by atoms with Gasteiger partial charge in [-0.3, -0.25) is 4.79 Å². The molecule has 0 aromatic heterocycles. The van der Waals surface area contributed by atoms with Crippen LogP contribution in [0.1, 0.15) is 47.0 Å². The summed E-state index contributed by atoms with van der Waals surface area (Å²) in [5.41, 5.74) is -0.633. The Morgan fingerprint density at radius 3 is 2.48 bits per heavy atom. The lowest BCUT2D eigenvalue weighted by Crippen LogP contribution is -2.56. The molecule has 1 spiro atoms. The van der Waals surface area contributed by atoms with Gasteiger partial charge in [-0.05, 0) is 59.1 Å². The van der Waals surface area contributed by atoms with Crippen LogP contribution in [0.2, 0.25) is 0 Å². The van der Waals surface area contributed by atoms with Crippen LogP contribution in [0.25, 0.3) is 0 Å². The molecule has 0 radical (unpaired) electrons. The SMILES string of the molecule is CC1(C)CC2(CO1)CC(NC(=O)C(C)(C)Oc1ccccc1)C2. The Hall–Kier alpha value is -1.55. The van der Waals surface area contributed by atoms with Crippen molar-refractivity contribution in [3.05, 3.63) is 30.3 Å². The van der Waals surface area contributed by atoms with Crippen LogP contribution < -0.4 is 10.1 Å². The summed E-state index contributed by atoms with van der Waals surface area (Å²) in [6.07, 6.45) is 3.09. The summed E-state index contributed by atoms with van der Waals surface area (Å²) in [6, 6.07) is 9.70. The third-order valence-electron chi connectivity index (χ3n) is 4.93. The molecule has 1 aromatic rings. The number of nitrogens with one attached hydrogen (secondary N) is 1. The van der Waals surface area contributed by atoms with Gasteiger partial charge in [0.25, 0.3) is 5.91 Å². The normalized spacial score (nSPS) is 29.1. The van der Waals surface area contributed by atoms with Crippen molar-refractivity contribution >= 4 is 5.91 Å². The summed E-state index contributed by atoms with van der Waals surface area (Å²) in [5.74, 6) is 0.656. The van der Waals surface area contributed by atoms with Crippen molar-refractivity contribution in [1.82, 2.24) is 5.32 Å². The molecule has 1 saturated heterocycles. The minimum absolute atomic E-state index is 0.0231. The molecule has 0 unspecified atom stereocenters. The Labute approximate surface area is 138 Å². The van der Waals surface area contributed by atoms with E-state index in [2.05, 4.69) is 19.2 Å². The molecule has 0 atom stereocenters. The van der Waals surface area contributed by atoms with Crippen molar-refractivity contribution in [2.75, 3.05) is 6.61 Å². The summed E-state index contributed by atoms with van der Waals surface area (Å²) in [6.45, 7) is 8.72. The highest BCUT2D eigenvalue weighted by atomic mass is 16.5. The van der Waals surface area contributed by atoms with Gasteiger partial charge in [0.05, 0.1) is 12.2 Å². The summed E-state index contributed by atoms with van der Waals surface area (Å²) in [7, 11) is 0. The van der Waals surface area contributed by atoms with Crippen LogP contribution in [0.5, 0.6) is 5.75 Å². The minimum atomic E-state index is -0.879. The molecule has 4 heteroatoms. The third kappa shape index (κ3) is 3.52. The fourth-order valence-corrected chi connectivity index (χ4v) is 3.89. The van der Waals surface area contributed by atoms with Crippen LogP contribution in [0.3, 0.4) is 0 Å². The molecular weight excluding hydrogens is 290 g/mol. The van der Waals surface area contributed by atoms with Gasteiger partial charge in [0.15, 0.2) is 5.60 Å². The molecule has 2 fully saturated rings. The number of amides is 1. The number of ether oxygens (including phenoxy) is 2. The highest BCUT2D eigenvalue weighted by Gasteiger charge is 2.53. The van der Waals surface area contributed by atoms with Crippen LogP contribution in [0, 0.1) is 5.41 Å². The van der Waals surface area contributed by atoms with Crippen LogP contribution in [-0.2, 0) is 9.53 Å². The average molecular weight is 317 g/mol. The molecule has 0 bridgehead atoms. The summed E-state index contributed by atoms with van der Waals surface area (Å²) >= 11 is 0. The Morgan fingerprint density at radius 1 is 1.26 bits per heavy atom. The highest BCUT2D eigenvalue weighted by molar-refractivity contribution is 5.85.